The number of piperidine rings is 1. The van der Waals surface area contributed by atoms with Crippen molar-refractivity contribution in [3.05, 3.63) is 18.1 Å². The third-order valence-electron chi connectivity index (χ3n) is 6.41. The van der Waals surface area contributed by atoms with E-state index in [1.807, 2.05) is 6.92 Å². The number of nitrogens with zero attached hydrogens (tertiary/aromatic N) is 2. The maximum absolute atomic E-state index is 12.4. The van der Waals surface area contributed by atoms with Gasteiger partial charge < -0.3 is 14.8 Å². The van der Waals surface area contributed by atoms with Crippen LogP contribution in [0.2, 0.25) is 0 Å². The van der Waals surface area contributed by atoms with Gasteiger partial charge in [-0.1, -0.05) is 0 Å². The average molecular weight is 439 g/mol. The van der Waals surface area contributed by atoms with Crippen molar-refractivity contribution in [2.24, 2.45) is 0 Å². The first-order chi connectivity index (χ1) is 14.6. The lowest BCUT2D eigenvalue weighted by atomic mass is 9.85. The highest BCUT2D eigenvalue weighted by Gasteiger charge is 2.39. The Balaban J connectivity index is 1.27. The molecule has 0 radical (unpaired) electrons. The number of sulfonamides is 1. The Morgan fingerprint density at radius 1 is 1.10 bits per heavy atom. The second kappa shape index (κ2) is 9.89. The molecule has 0 amide bonds. The topological polar surface area (TPSA) is 102 Å². The summed E-state index contributed by atoms with van der Waals surface area (Å²) in [5.41, 5.74) is 0.960. The predicted molar refractivity (Wildman–Crippen MR) is 114 cm³/mol. The molecule has 1 aromatic heterocycles. The summed E-state index contributed by atoms with van der Waals surface area (Å²) in [5, 5.41) is 3.28. The van der Waals surface area contributed by atoms with E-state index in [0.29, 0.717) is 25.0 Å². The number of aromatic nitrogens is 2. The van der Waals surface area contributed by atoms with Crippen molar-refractivity contribution >= 4 is 10.0 Å². The van der Waals surface area contributed by atoms with Crippen LogP contribution in [0.1, 0.15) is 69.9 Å². The SMILES string of the molecule is CCOc1nccnc1C1CCC(OC[C@@H]2NCCC[C@@H]2NS(=O)(=O)C2CC2)CC1. The summed E-state index contributed by atoms with van der Waals surface area (Å²) < 4.78 is 39.5. The molecule has 168 valence electrons. The van der Waals surface area contributed by atoms with Gasteiger partial charge in [0, 0.05) is 30.4 Å². The summed E-state index contributed by atoms with van der Waals surface area (Å²) in [4.78, 5) is 8.86. The second-order valence-electron chi connectivity index (χ2n) is 8.66. The van der Waals surface area contributed by atoms with Crippen LogP contribution in [-0.2, 0) is 14.8 Å². The lowest BCUT2D eigenvalue weighted by Crippen LogP contribution is -2.56. The maximum atomic E-state index is 12.4. The van der Waals surface area contributed by atoms with Crippen LogP contribution < -0.4 is 14.8 Å². The molecule has 1 saturated heterocycles. The van der Waals surface area contributed by atoms with Gasteiger partial charge in [-0.3, -0.25) is 4.98 Å². The quantitative estimate of drug-likeness (QED) is 0.609. The van der Waals surface area contributed by atoms with Crippen molar-refractivity contribution in [2.75, 3.05) is 19.8 Å². The predicted octanol–water partition coefficient (Wildman–Crippen LogP) is 2.12. The third kappa shape index (κ3) is 5.49. The third-order valence-corrected chi connectivity index (χ3v) is 8.39. The lowest BCUT2D eigenvalue weighted by Gasteiger charge is -2.35. The normalized spacial score (nSPS) is 30.2. The van der Waals surface area contributed by atoms with Gasteiger partial charge in [0.1, 0.15) is 5.69 Å². The summed E-state index contributed by atoms with van der Waals surface area (Å²) in [5.74, 6) is 1.01. The molecule has 2 saturated carbocycles. The van der Waals surface area contributed by atoms with Crippen molar-refractivity contribution in [3.8, 4) is 5.88 Å². The Kier molecular flexibility index (Phi) is 7.23. The Morgan fingerprint density at radius 3 is 2.60 bits per heavy atom. The van der Waals surface area contributed by atoms with Gasteiger partial charge in [0.05, 0.1) is 24.6 Å². The highest BCUT2D eigenvalue weighted by molar-refractivity contribution is 7.90. The fourth-order valence-corrected chi connectivity index (χ4v) is 6.21. The van der Waals surface area contributed by atoms with Gasteiger partial charge in [0.25, 0.3) is 0 Å². The molecule has 0 unspecified atom stereocenters. The zero-order valence-electron chi connectivity index (χ0n) is 17.8. The van der Waals surface area contributed by atoms with Crippen LogP contribution in [0.5, 0.6) is 5.88 Å². The molecule has 3 aliphatic rings. The van der Waals surface area contributed by atoms with E-state index in [1.54, 1.807) is 12.4 Å². The second-order valence-corrected chi connectivity index (χ2v) is 10.7. The number of nitrogens with one attached hydrogen (secondary N) is 2. The Bertz CT molecular complexity index is 794. The van der Waals surface area contributed by atoms with E-state index >= 15 is 0 Å². The van der Waals surface area contributed by atoms with Crippen LogP contribution in [-0.4, -0.2) is 61.6 Å². The molecule has 30 heavy (non-hydrogen) atoms. The molecule has 1 aliphatic heterocycles. The van der Waals surface area contributed by atoms with Crippen molar-refractivity contribution < 1.29 is 17.9 Å². The largest absolute Gasteiger partial charge is 0.477 e. The van der Waals surface area contributed by atoms with Gasteiger partial charge in [0.2, 0.25) is 15.9 Å². The van der Waals surface area contributed by atoms with E-state index in [4.69, 9.17) is 9.47 Å². The van der Waals surface area contributed by atoms with Gasteiger partial charge >= 0.3 is 0 Å². The van der Waals surface area contributed by atoms with Crippen LogP contribution in [0.4, 0.5) is 0 Å². The smallest absolute Gasteiger partial charge is 0.235 e. The van der Waals surface area contributed by atoms with Crippen molar-refractivity contribution in [3.63, 3.8) is 0 Å². The van der Waals surface area contributed by atoms with E-state index in [0.717, 1.165) is 63.6 Å². The number of hydrogen-bond acceptors (Lipinski definition) is 7. The zero-order chi connectivity index (χ0) is 21.0. The van der Waals surface area contributed by atoms with Gasteiger partial charge in [-0.2, -0.15) is 0 Å². The van der Waals surface area contributed by atoms with E-state index in [9.17, 15) is 8.42 Å². The highest BCUT2D eigenvalue weighted by Crippen LogP contribution is 2.36. The zero-order valence-corrected chi connectivity index (χ0v) is 18.6. The molecule has 4 rings (SSSR count). The van der Waals surface area contributed by atoms with Crippen LogP contribution in [0.25, 0.3) is 0 Å². The molecule has 8 nitrogen and oxygen atoms in total. The van der Waals surface area contributed by atoms with Gasteiger partial charge in [-0.15, -0.1) is 0 Å². The number of hydrogen-bond donors (Lipinski definition) is 2. The van der Waals surface area contributed by atoms with Gasteiger partial charge in [0.15, 0.2) is 0 Å². The molecule has 0 spiro atoms. The Hall–Kier alpha value is -1.29. The summed E-state index contributed by atoms with van der Waals surface area (Å²) in [7, 11) is -3.18. The molecule has 3 fully saturated rings. The molecule has 2 N–H and O–H groups in total. The molecular formula is C21H34N4O4S. The molecule has 2 aliphatic carbocycles. The molecule has 0 bridgehead atoms. The Morgan fingerprint density at radius 2 is 1.87 bits per heavy atom. The maximum Gasteiger partial charge on any atom is 0.235 e. The van der Waals surface area contributed by atoms with Crippen molar-refractivity contribution in [1.29, 1.82) is 0 Å². The highest BCUT2D eigenvalue weighted by atomic mass is 32.2. The van der Waals surface area contributed by atoms with Crippen LogP contribution in [0, 0.1) is 0 Å². The molecule has 2 atom stereocenters. The first-order valence-electron chi connectivity index (χ1n) is 11.4. The minimum absolute atomic E-state index is 0.0366. The summed E-state index contributed by atoms with van der Waals surface area (Å²) in [6.07, 6.45) is 11.0. The van der Waals surface area contributed by atoms with Gasteiger partial charge in [-0.25, -0.2) is 18.1 Å². The van der Waals surface area contributed by atoms with E-state index in [1.165, 1.54) is 0 Å². The van der Waals surface area contributed by atoms with Gasteiger partial charge in [-0.05, 0) is 64.8 Å². The fourth-order valence-electron chi connectivity index (χ4n) is 4.56. The van der Waals surface area contributed by atoms with Crippen LogP contribution >= 0.6 is 0 Å². The monoisotopic (exact) mass is 438 g/mol. The van der Waals surface area contributed by atoms with E-state index < -0.39 is 10.0 Å². The van der Waals surface area contributed by atoms with E-state index in [2.05, 4.69) is 20.0 Å². The molecule has 2 heterocycles. The average Bonchev–Trinajstić information content (AvgIpc) is 3.60. The first-order valence-corrected chi connectivity index (χ1v) is 12.9. The number of rotatable bonds is 9. The molecule has 9 heteroatoms. The lowest BCUT2D eigenvalue weighted by molar-refractivity contribution is 0.00484. The minimum Gasteiger partial charge on any atom is -0.477 e. The van der Waals surface area contributed by atoms with Crippen LogP contribution in [0.15, 0.2) is 12.4 Å². The fraction of sp³-hybridized carbons (Fsp3) is 0.810. The van der Waals surface area contributed by atoms with Crippen LogP contribution in [0.3, 0.4) is 0 Å². The van der Waals surface area contributed by atoms with E-state index in [-0.39, 0.29) is 23.4 Å². The van der Waals surface area contributed by atoms with Crippen molar-refractivity contribution in [2.45, 2.75) is 87.6 Å². The molecule has 1 aromatic rings. The number of ether oxygens (including phenoxy) is 2. The summed E-state index contributed by atoms with van der Waals surface area (Å²) in [6.45, 7) is 4.00. The Labute approximate surface area is 179 Å². The van der Waals surface area contributed by atoms with Crippen molar-refractivity contribution in [1.82, 2.24) is 20.0 Å². The summed E-state index contributed by atoms with van der Waals surface area (Å²) >= 11 is 0. The molecule has 0 aromatic carbocycles. The minimum atomic E-state index is -3.18. The summed E-state index contributed by atoms with van der Waals surface area (Å²) in [6, 6.07) is -0.0384. The first kappa shape index (κ1) is 21.9. The standard InChI is InChI=1S/C21H34N4O4S/c1-2-28-21-20(23-12-13-24-21)15-5-7-16(8-6-15)29-14-19-18(4-3-11-22-19)25-30(26,27)17-9-10-17/h12-13,15-19,22,25H,2-11,14H2,1H3/t15?,16?,18-,19-/m0/s1. The molecular weight excluding hydrogens is 404 g/mol.